The van der Waals surface area contributed by atoms with Crippen molar-refractivity contribution < 1.29 is 17.9 Å². The third kappa shape index (κ3) is 3.71. The molecule has 0 bridgehead atoms. The molecule has 1 aliphatic heterocycles. The van der Waals surface area contributed by atoms with E-state index in [2.05, 4.69) is 5.32 Å². The second-order valence-corrected chi connectivity index (χ2v) is 7.18. The van der Waals surface area contributed by atoms with Crippen LogP contribution in [0.5, 0.6) is 0 Å². The molecule has 2 rings (SSSR count). The lowest BCUT2D eigenvalue weighted by atomic mass is 10.2. The average molecular weight is 318 g/mol. The maximum Gasteiger partial charge on any atom is 0.252 e. The number of rotatable bonds is 4. The number of hydrogen-bond donors (Lipinski definition) is 1. The number of sulfone groups is 1. The molecular weight excluding hydrogens is 302 g/mol. The lowest BCUT2D eigenvalue weighted by Gasteiger charge is -2.12. The number of ether oxygens (including phenoxy) is 1. The Labute approximate surface area is 123 Å². The number of carbonyl (C=O) groups excluding carboxylic acids is 1. The summed E-state index contributed by atoms with van der Waals surface area (Å²) in [6, 6.07) is 4.09. The number of hydrogen-bond acceptors (Lipinski definition) is 4. The van der Waals surface area contributed by atoms with Gasteiger partial charge in [0.2, 0.25) is 0 Å². The molecule has 1 atom stereocenters. The van der Waals surface area contributed by atoms with Gasteiger partial charge >= 0.3 is 0 Å². The minimum absolute atomic E-state index is 0.0239. The van der Waals surface area contributed by atoms with Crippen LogP contribution in [-0.4, -0.2) is 39.8 Å². The van der Waals surface area contributed by atoms with Crippen LogP contribution in [-0.2, 0) is 14.6 Å². The highest BCUT2D eigenvalue weighted by Crippen LogP contribution is 2.20. The van der Waals surface area contributed by atoms with E-state index in [1.807, 2.05) is 0 Å². The Bertz CT molecular complexity index is 609. The molecule has 0 aromatic heterocycles. The van der Waals surface area contributed by atoms with E-state index in [0.29, 0.717) is 13.2 Å². The summed E-state index contributed by atoms with van der Waals surface area (Å²) >= 11 is 5.95. The molecule has 110 valence electrons. The van der Waals surface area contributed by atoms with Crippen LogP contribution in [0, 0.1) is 0 Å². The lowest BCUT2D eigenvalue weighted by Crippen LogP contribution is -2.32. The summed E-state index contributed by atoms with van der Waals surface area (Å²) < 4.78 is 28.4. The molecule has 20 heavy (non-hydrogen) atoms. The van der Waals surface area contributed by atoms with Crippen molar-refractivity contribution in [2.24, 2.45) is 0 Å². The first-order chi connectivity index (χ1) is 9.38. The summed E-state index contributed by atoms with van der Waals surface area (Å²) in [6.07, 6.45) is 3.02. The van der Waals surface area contributed by atoms with Crippen LogP contribution in [0.1, 0.15) is 23.2 Å². The maximum absolute atomic E-state index is 12.1. The van der Waals surface area contributed by atoms with Gasteiger partial charge in [0.25, 0.3) is 5.91 Å². The fourth-order valence-corrected chi connectivity index (χ4v) is 2.87. The van der Waals surface area contributed by atoms with Crippen molar-refractivity contribution in [2.75, 3.05) is 19.4 Å². The van der Waals surface area contributed by atoms with E-state index in [-0.39, 0.29) is 21.6 Å². The highest BCUT2D eigenvalue weighted by molar-refractivity contribution is 7.90. The quantitative estimate of drug-likeness (QED) is 0.916. The van der Waals surface area contributed by atoms with Gasteiger partial charge in [0.05, 0.1) is 21.6 Å². The number of carbonyl (C=O) groups is 1. The number of nitrogens with one attached hydrogen (secondary N) is 1. The van der Waals surface area contributed by atoms with Gasteiger partial charge in [-0.3, -0.25) is 4.79 Å². The van der Waals surface area contributed by atoms with Crippen LogP contribution in [0.2, 0.25) is 5.02 Å². The fraction of sp³-hybridized carbons (Fsp3) is 0.462. The molecule has 1 N–H and O–H groups in total. The predicted octanol–water partition coefficient (Wildman–Crippen LogP) is 1.65. The van der Waals surface area contributed by atoms with E-state index in [0.717, 1.165) is 19.1 Å². The molecule has 7 heteroatoms. The first-order valence-corrected chi connectivity index (χ1v) is 8.54. The molecule has 0 radical (unpaired) electrons. The molecule has 0 saturated carbocycles. The minimum atomic E-state index is -3.37. The van der Waals surface area contributed by atoms with E-state index in [4.69, 9.17) is 16.3 Å². The van der Waals surface area contributed by atoms with Gasteiger partial charge in [0, 0.05) is 19.4 Å². The smallest absolute Gasteiger partial charge is 0.252 e. The molecule has 1 fully saturated rings. The Morgan fingerprint density at radius 3 is 2.85 bits per heavy atom. The molecule has 0 unspecified atom stereocenters. The minimum Gasteiger partial charge on any atom is -0.376 e. The van der Waals surface area contributed by atoms with Gasteiger partial charge in [-0.15, -0.1) is 0 Å². The van der Waals surface area contributed by atoms with Gasteiger partial charge in [0.15, 0.2) is 9.84 Å². The average Bonchev–Trinajstić information content (AvgIpc) is 2.88. The fourth-order valence-electron chi connectivity index (χ4n) is 2.02. The monoisotopic (exact) mass is 317 g/mol. The summed E-state index contributed by atoms with van der Waals surface area (Å²) in [5.41, 5.74) is 0.160. The lowest BCUT2D eigenvalue weighted by molar-refractivity contribution is 0.0857. The van der Waals surface area contributed by atoms with Crippen molar-refractivity contribution in [2.45, 2.75) is 23.8 Å². The van der Waals surface area contributed by atoms with Crippen LogP contribution >= 0.6 is 11.6 Å². The Morgan fingerprint density at radius 1 is 1.50 bits per heavy atom. The molecule has 0 spiro atoms. The van der Waals surface area contributed by atoms with E-state index in [1.165, 1.54) is 18.2 Å². The molecule has 1 amide bonds. The van der Waals surface area contributed by atoms with Crippen LogP contribution in [0.15, 0.2) is 23.1 Å². The highest BCUT2D eigenvalue weighted by atomic mass is 35.5. The largest absolute Gasteiger partial charge is 0.376 e. The van der Waals surface area contributed by atoms with Crippen molar-refractivity contribution in [3.8, 4) is 0 Å². The maximum atomic E-state index is 12.1. The zero-order chi connectivity index (χ0) is 14.8. The normalized spacial score (nSPS) is 19.0. The molecule has 5 nitrogen and oxygen atoms in total. The van der Waals surface area contributed by atoms with Gasteiger partial charge in [-0.1, -0.05) is 11.6 Å². The second kappa shape index (κ2) is 6.11. The van der Waals surface area contributed by atoms with E-state index < -0.39 is 15.7 Å². The number of benzene rings is 1. The molecule has 1 aromatic rings. The third-order valence-electron chi connectivity index (χ3n) is 3.12. The number of halogens is 1. The summed E-state index contributed by atoms with van der Waals surface area (Å²) in [6.45, 7) is 1.11. The number of amides is 1. The second-order valence-electron chi connectivity index (χ2n) is 4.76. The Kier molecular flexibility index (Phi) is 4.67. The molecular formula is C13H16ClNO4S. The van der Waals surface area contributed by atoms with E-state index in [1.54, 1.807) is 0 Å². The van der Waals surface area contributed by atoms with Crippen molar-refractivity contribution in [3.05, 3.63) is 28.8 Å². The van der Waals surface area contributed by atoms with Gasteiger partial charge in [0.1, 0.15) is 0 Å². The van der Waals surface area contributed by atoms with Gasteiger partial charge in [-0.25, -0.2) is 8.42 Å². The molecule has 1 heterocycles. The Morgan fingerprint density at radius 2 is 2.25 bits per heavy atom. The van der Waals surface area contributed by atoms with Crippen molar-refractivity contribution in [1.29, 1.82) is 0 Å². The Hall–Kier alpha value is -1.11. The van der Waals surface area contributed by atoms with Gasteiger partial charge in [-0.05, 0) is 31.0 Å². The standard InChI is InChI=1S/C13H16ClNO4S/c1-20(17,18)10-4-5-12(14)11(7-10)13(16)15-8-9-3-2-6-19-9/h4-5,7,9H,2-3,6,8H2,1H3,(H,15,16)/t9-/m1/s1. The Balaban J connectivity index is 2.12. The van der Waals surface area contributed by atoms with Crippen LogP contribution < -0.4 is 5.32 Å². The van der Waals surface area contributed by atoms with Gasteiger partial charge < -0.3 is 10.1 Å². The van der Waals surface area contributed by atoms with Crippen molar-refractivity contribution in [3.63, 3.8) is 0 Å². The summed E-state index contributed by atoms with van der Waals surface area (Å²) in [5.74, 6) is -0.393. The first-order valence-electron chi connectivity index (χ1n) is 6.27. The van der Waals surface area contributed by atoms with Gasteiger partial charge in [-0.2, -0.15) is 0 Å². The predicted molar refractivity (Wildman–Crippen MR) is 75.9 cm³/mol. The summed E-state index contributed by atoms with van der Waals surface area (Å²) in [5, 5.41) is 2.94. The molecule has 1 aliphatic rings. The van der Waals surface area contributed by atoms with Crippen molar-refractivity contribution >= 4 is 27.3 Å². The molecule has 1 saturated heterocycles. The van der Waals surface area contributed by atoms with Crippen LogP contribution in [0.3, 0.4) is 0 Å². The van der Waals surface area contributed by atoms with Crippen molar-refractivity contribution in [1.82, 2.24) is 5.32 Å². The van der Waals surface area contributed by atoms with Crippen LogP contribution in [0.4, 0.5) is 0 Å². The SMILES string of the molecule is CS(=O)(=O)c1ccc(Cl)c(C(=O)NC[C@H]2CCCO2)c1. The topological polar surface area (TPSA) is 72.5 Å². The van der Waals surface area contributed by atoms with Crippen LogP contribution in [0.25, 0.3) is 0 Å². The first kappa shape index (κ1) is 15.3. The molecule has 0 aliphatic carbocycles. The summed E-state index contributed by atoms with van der Waals surface area (Å²) in [7, 11) is -3.37. The summed E-state index contributed by atoms with van der Waals surface area (Å²) in [4.78, 5) is 12.1. The van der Waals surface area contributed by atoms with E-state index in [9.17, 15) is 13.2 Å². The zero-order valence-corrected chi connectivity index (χ0v) is 12.6. The van der Waals surface area contributed by atoms with E-state index >= 15 is 0 Å². The molecule has 1 aromatic carbocycles. The highest BCUT2D eigenvalue weighted by Gasteiger charge is 2.19. The zero-order valence-electron chi connectivity index (χ0n) is 11.1. The third-order valence-corrected chi connectivity index (χ3v) is 4.56.